The van der Waals surface area contributed by atoms with Gasteiger partial charge in [0.25, 0.3) is 5.91 Å². The normalized spacial score (nSPS) is 19.1. The van der Waals surface area contributed by atoms with E-state index in [2.05, 4.69) is 0 Å². The van der Waals surface area contributed by atoms with E-state index in [-0.39, 0.29) is 5.91 Å². The van der Waals surface area contributed by atoms with Gasteiger partial charge >= 0.3 is 0 Å². The summed E-state index contributed by atoms with van der Waals surface area (Å²) in [4.78, 5) is 20.6. The van der Waals surface area contributed by atoms with E-state index in [0.717, 1.165) is 60.0 Å². The van der Waals surface area contributed by atoms with Crippen LogP contribution in [0.25, 0.3) is 10.9 Å². The van der Waals surface area contributed by atoms with Crippen LogP contribution in [0.2, 0.25) is 0 Å². The maximum Gasteiger partial charge on any atom is 0.259 e. The summed E-state index contributed by atoms with van der Waals surface area (Å²) in [5.41, 5.74) is 4.26. The van der Waals surface area contributed by atoms with Gasteiger partial charge in [-0.15, -0.1) is 0 Å². The lowest BCUT2D eigenvalue weighted by atomic mass is 10.0. The third-order valence-electron chi connectivity index (χ3n) is 7.11. The molecule has 170 valence electrons. The van der Waals surface area contributed by atoms with Gasteiger partial charge in [0.1, 0.15) is 0 Å². The Hall–Kier alpha value is -2.77. The second kappa shape index (κ2) is 7.92. The molecule has 2 fully saturated rings. The van der Waals surface area contributed by atoms with E-state index in [4.69, 9.17) is 4.98 Å². The maximum atomic E-state index is 13.7. The molecule has 1 aliphatic carbocycles. The van der Waals surface area contributed by atoms with Crippen molar-refractivity contribution in [1.29, 1.82) is 0 Å². The predicted octanol–water partition coefficient (Wildman–Crippen LogP) is 4.49. The van der Waals surface area contributed by atoms with Gasteiger partial charge in [-0.2, -0.15) is 4.31 Å². The Bertz CT molecular complexity index is 1360. The number of sulfonamides is 1. The number of hydrogen-bond donors (Lipinski definition) is 0. The molecular weight excluding hydrogens is 434 g/mol. The molecule has 6 nitrogen and oxygen atoms in total. The Morgan fingerprint density at radius 2 is 1.73 bits per heavy atom. The van der Waals surface area contributed by atoms with Crippen molar-refractivity contribution in [2.45, 2.75) is 49.3 Å². The number of fused-ring (bicyclic) bond motifs is 2. The van der Waals surface area contributed by atoms with Gasteiger partial charge in [-0.3, -0.25) is 9.78 Å². The van der Waals surface area contributed by atoms with Crippen LogP contribution >= 0.6 is 0 Å². The molecule has 1 saturated heterocycles. The van der Waals surface area contributed by atoms with E-state index in [1.165, 1.54) is 0 Å². The van der Waals surface area contributed by atoms with Crippen LogP contribution in [0.5, 0.6) is 0 Å². The predicted molar refractivity (Wildman–Crippen MR) is 128 cm³/mol. The van der Waals surface area contributed by atoms with Gasteiger partial charge in [-0.1, -0.05) is 24.6 Å². The third-order valence-corrected chi connectivity index (χ3v) is 9.00. The van der Waals surface area contributed by atoms with E-state index in [0.29, 0.717) is 42.4 Å². The molecule has 0 radical (unpaired) electrons. The van der Waals surface area contributed by atoms with Gasteiger partial charge in [0, 0.05) is 42.3 Å². The lowest BCUT2D eigenvalue weighted by Crippen LogP contribution is -2.35. The minimum atomic E-state index is -3.49. The number of amides is 1. The SMILES string of the molecule is O=C(c1cc(C2CC2)nc2ccccc12)N1CCc2cc(S(=O)(=O)N3CCCCC3)ccc21. The molecule has 3 aromatic rings. The van der Waals surface area contributed by atoms with Crippen molar-refractivity contribution < 1.29 is 13.2 Å². The fourth-order valence-electron chi connectivity index (χ4n) is 5.11. The zero-order chi connectivity index (χ0) is 22.6. The van der Waals surface area contributed by atoms with Crippen molar-refractivity contribution in [2.75, 3.05) is 24.5 Å². The molecule has 0 N–H and O–H groups in total. The summed E-state index contributed by atoms with van der Waals surface area (Å²) in [6, 6.07) is 15.0. The summed E-state index contributed by atoms with van der Waals surface area (Å²) in [6.07, 6.45) is 5.81. The molecule has 0 atom stereocenters. The lowest BCUT2D eigenvalue weighted by molar-refractivity contribution is 0.0991. The van der Waals surface area contributed by atoms with E-state index >= 15 is 0 Å². The highest BCUT2D eigenvalue weighted by Gasteiger charge is 2.32. The number of carbonyl (C=O) groups excluding carboxylic acids is 1. The Kier molecular flexibility index (Phi) is 4.99. The highest BCUT2D eigenvalue weighted by Crippen LogP contribution is 2.41. The smallest absolute Gasteiger partial charge is 0.259 e. The first-order valence-electron chi connectivity index (χ1n) is 11.9. The number of nitrogens with zero attached hydrogens (tertiary/aromatic N) is 3. The summed E-state index contributed by atoms with van der Waals surface area (Å²) in [5.74, 6) is 0.412. The molecule has 0 bridgehead atoms. The molecular formula is C26H27N3O3S. The number of pyridine rings is 1. The average molecular weight is 462 g/mol. The zero-order valence-electron chi connectivity index (χ0n) is 18.5. The van der Waals surface area contributed by atoms with Crippen molar-refractivity contribution >= 4 is 32.5 Å². The van der Waals surface area contributed by atoms with Crippen molar-refractivity contribution in [3.8, 4) is 0 Å². The summed E-state index contributed by atoms with van der Waals surface area (Å²) in [7, 11) is -3.49. The van der Waals surface area contributed by atoms with E-state index in [1.54, 1.807) is 21.3 Å². The second-order valence-corrected chi connectivity index (χ2v) is 11.3. The highest BCUT2D eigenvalue weighted by atomic mass is 32.2. The van der Waals surface area contributed by atoms with Gasteiger partial charge in [-0.05, 0) is 68.0 Å². The van der Waals surface area contributed by atoms with Crippen LogP contribution in [-0.2, 0) is 16.4 Å². The van der Waals surface area contributed by atoms with Gasteiger partial charge in [0.15, 0.2) is 0 Å². The monoisotopic (exact) mass is 461 g/mol. The van der Waals surface area contributed by atoms with Gasteiger partial charge in [0.05, 0.1) is 16.0 Å². The number of benzene rings is 2. The van der Waals surface area contributed by atoms with E-state index in [1.807, 2.05) is 36.4 Å². The first kappa shape index (κ1) is 20.8. The summed E-state index contributed by atoms with van der Waals surface area (Å²) < 4.78 is 27.8. The Balaban J connectivity index is 1.35. The molecule has 1 saturated carbocycles. The Morgan fingerprint density at radius 1 is 0.939 bits per heavy atom. The van der Waals surface area contributed by atoms with Crippen molar-refractivity contribution in [3.05, 3.63) is 65.4 Å². The number of anilines is 1. The molecule has 0 unspecified atom stereocenters. The third kappa shape index (κ3) is 3.63. The van der Waals surface area contributed by atoms with Crippen LogP contribution in [-0.4, -0.2) is 43.2 Å². The zero-order valence-corrected chi connectivity index (χ0v) is 19.4. The lowest BCUT2D eigenvalue weighted by Gasteiger charge is -2.26. The molecule has 0 spiro atoms. The fourth-order valence-corrected chi connectivity index (χ4v) is 6.68. The fraction of sp³-hybridized carbons (Fsp3) is 0.385. The standard InChI is InChI=1S/C26H27N3O3S/c30-26(22-17-24(18-8-9-18)27-23-7-3-2-6-21(22)23)29-15-12-19-16-20(10-11-25(19)29)33(31,32)28-13-4-1-5-14-28/h2-3,6-7,10-11,16-18H,1,4-5,8-9,12-15H2. The number of para-hydroxylation sites is 1. The van der Waals surface area contributed by atoms with Crippen molar-refractivity contribution in [3.63, 3.8) is 0 Å². The number of carbonyl (C=O) groups is 1. The van der Waals surface area contributed by atoms with Gasteiger partial charge in [-0.25, -0.2) is 8.42 Å². The van der Waals surface area contributed by atoms with Crippen molar-refractivity contribution in [1.82, 2.24) is 9.29 Å². The average Bonchev–Trinajstić information content (AvgIpc) is 3.62. The number of aromatic nitrogens is 1. The molecule has 33 heavy (non-hydrogen) atoms. The minimum absolute atomic E-state index is 0.0408. The van der Waals surface area contributed by atoms with Crippen LogP contribution in [0, 0.1) is 0 Å². The van der Waals surface area contributed by atoms with Crippen molar-refractivity contribution in [2.24, 2.45) is 0 Å². The molecule has 7 heteroatoms. The summed E-state index contributed by atoms with van der Waals surface area (Å²) >= 11 is 0. The number of piperidine rings is 1. The maximum absolute atomic E-state index is 13.7. The first-order chi connectivity index (χ1) is 16.0. The van der Waals surface area contributed by atoms with Gasteiger partial charge in [0.2, 0.25) is 10.0 Å². The van der Waals surface area contributed by atoms with Crippen LogP contribution in [0.1, 0.15) is 59.6 Å². The first-order valence-corrected chi connectivity index (χ1v) is 13.3. The van der Waals surface area contributed by atoms with Crippen LogP contribution in [0.4, 0.5) is 5.69 Å². The molecule has 6 rings (SSSR count). The Labute approximate surface area is 194 Å². The largest absolute Gasteiger partial charge is 0.308 e. The minimum Gasteiger partial charge on any atom is -0.308 e. The molecule has 2 aromatic carbocycles. The number of rotatable bonds is 4. The topological polar surface area (TPSA) is 70.6 Å². The summed E-state index contributed by atoms with van der Waals surface area (Å²) in [5, 5.41) is 0.865. The second-order valence-electron chi connectivity index (χ2n) is 9.35. The quantitative estimate of drug-likeness (QED) is 0.574. The molecule has 1 amide bonds. The van der Waals surface area contributed by atoms with Crippen LogP contribution < -0.4 is 4.90 Å². The molecule has 3 heterocycles. The van der Waals surface area contributed by atoms with Gasteiger partial charge < -0.3 is 4.90 Å². The number of hydrogen-bond acceptors (Lipinski definition) is 4. The van der Waals surface area contributed by atoms with E-state index in [9.17, 15) is 13.2 Å². The summed E-state index contributed by atoms with van der Waals surface area (Å²) in [6.45, 7) is 1.72. The van der Waals surface area contributed by atoms with Crippen LogP contribution in [0.15, 0.2) is 53.4 Å². The molecule has 2 aliphatic heterocycles. The molecule has 1 aromatic heterocycles. The highest BCUT2D eigenvalue weighted by molar-refractivity contribution is 7.89. The van der Waals surface area contributed by atoms with E-state index < -0.39 is 10.0 Å². The molecule has 3 aliphatic rings. The Morgan fingerprint density at radius 3 is 2.52 bits per heavy atom. The van der Waals surface area contributed by atoms with Crippen LogP contribution in [0.3, 0.4) is 0 Å².